The highest BCUT2D eigenvalue weighted by Gasteiger charge is 2.52. The summed E-state index contributed by atoms with van der Waals surface area (Å²) in [5, 5.41) is 2.13. The maximum absolute atomic E-state index is 12.7. The Morgan fingerprint density at radius 3 is 2.12 bits per heavy atom. The second kappa shape index (κ2) is 10.3. The first-order valence-electron chi connectivity index (χ1n) is 14.7. The van der Waals surface area contributed by atoms with Gasteiger partial charge in [0, 0.05) is 5.56 Å². The molecular formula is C36H36O4. The van der Waals surface area contributed by atoms with Crippen LogP contribution in [-0.2, 0) is 10.2 Å². The number of para-hydroxylation sites is 1. The van der Waals surface area contributed by atoms with Crippen LogP contribution in [0.25, 0.3) is 21.9 Å². The van der Waals surface area contributed by atoms with Gasteiger partial charge in [-0.05, 0) is 126 Å². The minimum absolute atomic E-state index is 0.203. The Morgan fingerprint density at radius 2 is 1.40 bits per heavy atom. The van der Waals surface area contributed by atoms with E-state index in [1.807, 2.05) is 55.6 Å². The molecule has 4 heteroatoms. The zero-order chi connectivity index (χ0) is 27.1. The number of fused-ring (bicyclic) bond motifs is 1. The summed E-state index contributed by atoms with van der Waals surface area (Å²) in [5.74, 6) is 4.14. The third-order valence-corrected chi connectivity index (χ3v) is 9.55. The number of esters is 1. The third-order valence-electron chi connectivity index (χ3n) is 9.55. The van der Waals surface area contributed by atoms with Gasteiger partial charge < -0.3 is 14.2 Å². The summed E-state index contributed by atoms with van der Waals surface area (Å²) in [4.78, 5) is 12.7. The van der Waals surface area contributed by atoms with E-state index in [0.29, 0.717) is 12.2 Å². The van der Waals surface area contributed by atoms with Crippen molar-refractivity contribution in [1.82, 2.24) is 0 Å². The highest BCUT2D eigenvalue weighted by Crippen LogP contribution is 2.62. The molecule has 4 aliphatic rings. The molecule has 4 saturated carbocycles. The van der Waals surface area contributed by atoms with Crippen molar-refractivity contribution in [2.75, 3.05) is 20.3 Å². The molecule has 8 rings (SSSR count). The highest BCUT2D eigenvalue weighted by molar-refractivity contribution is 5.96. The molecule has 0 radical (unpaired) electrons. The molecule has 0 aromatic heterocycles. The van der Waals surface area contributed by atoms with Crippen LogP contribution in [0.15, 0.2) is 84.9 Å². The fourth-order valence-electron chi connectivity index (χ4n) is 8.19. The van der Waals surface area contributed by atoms with E-state index < -0.39 is 0 Å². The number of ether oxygens (including phenoxy) is 3. The summed E-state index contributed by atoms with van der Waals surface area (Å²) < 4.78 is 17.0. The van der Waals surface area contributed by atoms with Crippen LogP contribution >= 0.6 is 0 Å². The predicted octanol–water partition coefficient (Wildman–Crippen LogP) is 8.22. The Balaban J connectivity index is 1.09. The van der Waals surface area contributed by atoms with Crippen LogP contribution in [0.3, 0.4) is 0 Å². The van der Waals surface area contributed by atoms with E-state index in [9.17, 15) is 4.79 Å². The number of carbonyl (C=O) groups is 1. The molecule has 4 aromatic rings. The predicted molar refractivity (Wildman–Crippen MR) is 158 cm³/mol. The van der Waals surface area contributed by atoms with E-state index in [2.05, 4.69) is 36.4 Å². The summed E-state index contributed by atoms with van der Waals surface area (Å²) in [5.41, 5.74) is 4.66. The molecule has 40 heavy (non-hydrogen) atoms. The molecule has 4 aliphatic carbocycles. The smallest absolute Gasteiger partial charge is 0.338 e. The lowest BCUT2D eigenvalue weighted by atomic mass is 9.48. The first kappa shape index (κ1) is 25.2. The zero-order valence-corrected chi connectivity index (χ0v) is 23.1. The minimum Gasteiger partial charge on any atom is -0.496 e. The van der Waals surface area contributed by atoms with Crippen molar-refractivity contribution in [2.24, 2.45) is 17.8 Å². The fraction of sp³-hybridized carbons (Fsp3) is 0.361. The van der Waals surface area contributed by atoms with Crippen molar-refractivity contribution in [3.8, 4) is 22.6 Å². The van der Waals surface area contributed by atoms with Crippen molar-refractivity contribution >= 4 is 16.7 Å². The molecule has 0 saturated heterocycles. The van der Waals surface area contributed by atoms with Crippen molar-refractivity contribution in [1.29, 1.82) is 0 Å². The van der Waals surface area contributed by atoms with E-state index in [1.54, 1.807) is 0 Å². The van der Waals surface area contributed by atoms with Gasteiger partial charge in [0.1, 0.15) is 24.7 Å². The molecule has 0 aliphatic heterocycles. The summed E-state index contributed by atoms with van der Waals surface area (Å²) >= 11 is 0. The third kappa shape index (κ3) is 4.74. The number of benzene rings is 4. The molecule has 0 unspecified atom stereocenters. The number of hydrogen-bond acceptors (Lipinski definition) is 4. The molecule has 4 fully saturated rings. The Hall–Kier alpha value is -3.79. The first-order chi connectivity index (χ1) is 19.6. The summed E-state index contributed by atoms with van der Waals surface area (Å²) in [7, 11) is 1.81. The monoisotopic (exact) mass is 532 g/mol. The van der Waals surface area contributed by atoms with E-state index >= 15 is 0 Å². The van der Waals surface area contributed by atoms with Crippen LogP contribution in [0.2, 0.25) is 0 Å². The van der Waals surface area contributed by atoms with Gasteiger partial charge in [0.25, 0.3) is 0 Å². The van der Waals surface area contributed by atoms with Gasteiger partial charge in [-0.1, -0.05) is 42.5 Å². The lowest BCUT2D eigenvalue weighted by Gasteiger charge is -2.57. The van der Waals surface area contributed by atoms with Gasteiger partial charge in [-0.25, -0.2) is 4.79 Å². The van der Waals surface area contributed by atoms with Crippen LogP contribution in [0, 0.1) is 17.8 Å². The number of rotatable bonds is 8. The Morgan fingerprint density at radius 1 is 0.750 bits per heavy atom. The normalized spacial score (nSPS) is 24.7. The molecule has 0 atom stereocenters. The van der Waals surface area contributed by atoms with Gasteiger partial charge in [-0.3, -0.25) is 0 Å². The number of methoxy groups -OCH3 is 1. The van der Waals surface area contributed by atoms with E-state index in [1.165, 1.54) is 55.2 Å². The average molecular weight is 533 g/mol. The average Bonchev–Trinajstić information content (AvgIpc) is 2.98. The molecule has 0 heterocycles. The zero-order valence-electron chi connectivity index (χ0n) is 23.1. The van der Waals surface area contributed by atoms with Crippen LogP contribution in [-0.4, -0.2) is 26.3 Å². The first-order valence-corrected chi connectivity index (χ1v) is 14.7. The molecule has 0 N–H and O–H groups in total. The van der Waals surface area contributed by atoms with Crippen molar-refractivity contribution in [2.45, 2.75) is 43.9 Å². The van der Waals surface area contributed by atoms with E-state index in [4.69, 9.17) is 14.2 Å². The molecule has 204 valence electrons. The second-order valence-corrected chi connectivity index (χ2v) is 12.2. The molecule has 4 nitrogen and oxygen atoms in total. The van der Waals surface area contributed by atoms with Crippen LogP contribution in [0.1, 0.15) is 54.4 Å². The summed E-state index contributed by atoms with van der Waals surface area (Å²) in [6.07, 6.45) is 8.24. The quantitative estimate of drug-likeness (QED) is 0.169. The van der Waals surface area contributed by atoms with Gasteiger partial charge in [0.2, 0.25) is 0 Å². The topological polar surface area (TPSA) is 44.8 Å². The lowest BCUT2D eigenvalue weighted by Crippen LogP contribution is -2.48. The second-order valence-electron chi connectivity index (χ2n) is 12.2. The standard InChI is InChI=1S/C36H36O4/c1-38-34-12-11-30(20-33(34)36-21-24-15-25(22-36)17-26(16-24)23-36)28-7-8-29-19-31(10-9-27(29)18-28)35(37)40-14-13-39-32-5-3-2-4-6-32/h2-12,18-20,24-26H,13-17,21-23H2,1H3. The minimum atomic E-state index is -0.335. The maximum atomic E-state index is 12.7. The Kier molecular flexibility index (Phi) is 6.50. The molecule has 0 spiro atoms. The fourth-order valence-corrected chi connectivity index (χ4v) is 8.19. The molecule has 4 bridgehead atoms. The summed E-state index contributed by atoms with van der Waals surface area (Å²) in [6.45, 7) is 0.522. The maximum Gasteiger partial charge on any atom is 0.338 e. The molecule has 4 aromatic carbocycles. The van der Waals surface area contributed by atoms with Crippen LogP contribution in [0.5, 0.6) is 11.5 Å². The van der Waals surface area contributed by atoms with Gasteiger partial charge in [-0.2, -0.15) is 0 Å². The van der Waals surface area contributed by atoms with Gasteiger partial charge in [0.05, 0.1) is 12.7 Å². The Bertz CT molecular complexity index is 1500. The molecular weight excluding hydrogens is 496 g/mol. The number of hydrogen-bond donors (Lipinski definition) is 0. The Labute approximate surface area is 236 Å². The van der Waals surface area contributed by atoms with Crippen molar-refractivity contribution in [3.63, 3.8) is 0 Å². The van der Waals surface area contributed by atoms with Gasteiger partial charge >= 0.3 is 5.97 Å². The van der Waals surface area contributed by atoms with Gasteiger partial charge in [0.15, 0.2) is 0 Å². The summed E-state index contributed by atoms with van der Waals surface area (Å²) in [6, 6.07) is 28.6. The van der Waals surface area contributed by atoms with Gasteiger partial charge in [-0.15, -0.1) is 0 Å². The molecule has 0 amide bonds. The lowest BCUT2D eigenvalue weighted by molar-refractivity contribution is -0.00613. The van der Waals surface area contributed by atoms with Crippen molar-refractivity contribution < 1.29 is 19.0 Å². The van der Waals surface area contributed by atoms with E-state index in [0.717, 1.165) is 40.0 Å². The van der Waals surface area contributed by atoms with Crippen LogP contribution < -0.4 is 9.47 Å². The number of carbonyl (C=O) groups excluding carboxylic acids is 1. The SMILES string of the molecule is COc1ccc(-c2ccc3cc(C(=O)OCCOc4ccccc4)ccc3c2)cc1C12CC3CC(CC(C3)C1)C2. The highest BCUT2D eigenvalue weighted by atomic mass is 16.6. The largest absolute Gasteiger partial charge is 0.496 e. The van der Waals surface area contributed by atoms with E-state index in [-0.39, 0.29) is 18.0 Å². The van der Waals surface area contributed by atoms with Crippen LogP contribution in [0.4, 0.5) is 0 Å². The van der Waals surface area contributed by atoms with Crippen molar-refractivity contribution in [3.05, 3.63) is 96.1 Å².